The van der Waals surface area contributed by atoms with Crippen molar-refractivity contribution in [2.45, 2.75) is 31.9 Å². The second kappa shape index (κ2) is 6.98. The van der Waals surface area contributed by atoms with E-state index in [0.29, 0.717) is 24.3 Å². The number of aliphatic hydroxyl groups is 1. The predicted octanol–water partition coefficient (Wildman–Crippen LogP) is 2.72. The summed E-state index contributed by atoms with van der Waals surface area (Å²) < 4.78 is 16.4. The number of nitrogens with zero attached hydrogens (tertiary/aromatic N) is 6. The highest BCUT2D eigenvalue weighted by atomic mass is 19.1. The van der Waals surface area contributed by atoms with E-state index < -0.39 is 5.60 Å². The van der Waals surface area contributed by atoms with E-state index >= 15 is 0 Å². The number of hydrogen-bond acceptors (Lipinski definition) is 6. The minimum atomic E-state index is -0.725. The zero-order chi connectivity index (χ0) is 20.9. The molecule has 1 saturated heterocycles. The van der Waals surface area contributed by atoms with Crippen molar-refractivity contribution in [2.75, 3.05) is 18.0 Å². The second-order valence-corrected chi connectivity index (χ2v) is 8.34. The lowest BCUT2D eigenvalue weighted by atomic mass is 9.95. The molecule has 3 aromatic rings. The van der Waals surface area contributed by atoms with Crippen LogP contribution in [0.4, 0.5) is 10.2 Å². The van der Waals surface area contributed by atoms with Crippen molar-refractivity contribution in [3.05, 3.63) is 59.6 Å². The first-order valence-electron chi connectivity index (χ1n) is 10.1. The molecular formula is C22H23FN6O. The maximum atomic E-state index is 14.7. The van der Waals surface area contributed by atoms with Crippen LogP contribution in [-0.4, -0.2) is 49.3 Å². The molecular weight excluding hydrogens is 383 g/mol. The van der Waals surface area contributed by atoms with Crippen LogP contribution in [0.15, 0.2) is 41.9 Å². The zero-order valence-corrected chi connectivity index (χ0v) is 17.0. The minimum absolute atomic E-state index is 0.280. The molecule has 7 nitrogen and oxygen atoms in total. The maximum absolute atomic E-state index is 14.7. The summed E-state index contributed by atoms with van der Waals surface area (Å²) in [6.45, 7) is 3.65. The van der Waals surface area contributed by atoms with Crippen molar-refractivity contribution in [1.29, 1.82) is 0 Å². The Morgan fingerprint density at radius 3 is 2.80 bits per heavy atom. The third kappa shape index (κ3) is 3.37. The molecule has 5 rings (SSSR count). The molecule has 0 aliphatic carbocycles. The van der Waals surface area contributed by atoms with Crippen LogP contribution in [0.1, 0.15) is 36.6 Å². The van der Waals surface area contributed by atoms with E-state index in [1.807, 2.05) is 26.1 Å². The highest BCUT2D eigenvalue weighted by molar-refractivity contribution is 6.14. The van der Waals surface area contributed by atoms with Gasteiger partial charge in [0.05, 0.1) is 29.7 Å². The van der Waals surface area contributed by atoms with Crippen molar-refractivity contribution in [2.24, 2.45) is 12.0 Å². The Hall–Kier alpha value is -3.13. The summed E-state index contributed by atoms with van der Waals surface area (Å²) in [6, 6.07) is 5.29. The number of anilines is 1. The Morgan fingerprint density at radius 2 is 2.03 bits per heavy atom. The van der Waals surface area contributed by atoms with Gasteiger partial charge in [-0.3, -0.25) is 9.67 Å². The van der Waals surface area contributed by atoms with Gasteiger partial charge in [0.25, 0.3) is 0 Å². The van der Waals surface area contributed by atoms with Gasteiger partial charge in [-0.05, 0) is 37.5 Å². The van der Waals surface area contributed by atoms with E-state index in [9.17, 15) is 9.50 Å². The topological polar surface area (TPSA) is 79.4 Å². The van der Waals surface area contributed by atoms with Crippen LogP contribution < -0.4 is 4.90 Å². The molecule has 2 aliphatic rings. The average Bonchev–Trinajstić information content (AvgIpc) is 3.32. The van der Waals surface area contributed by atoms with E-state index in [1.54, 1.807) is 23.1 Å². The SMILES string of the molecule is Cn1cc(-c2cc3c(cc2F)CN=C3c2cc(N3CCCC(C)(O)C3)ncn2)cn1. The first-order chi connectivity index (χ1) is 14.4. The summed E-state index contributed by atoms with van der Waals surface area (Å²) in [7, 11) is 1.81. The zero-order valence-electron chi connectivity index (χ0n) is 17.0. The van der Waals surface area contributed by atoms with Crippen molar-refractivity contribution < 1.29 is 9.50 Å². The van der Waals surface area contributed by atoms with E-state index in [-0.39, 0.29) is 5.82 Å². The Labute approximate surface area is 173 Å². The van der Waals surface area contributed by atoms with Crippen molar-refractivity contribution >= 4 is 11.5 Å². The van der Waals surface area contributed by atoms with Gasteiger partial charge in [-0.15, -0.1) is 0 Å². The van der Waals surface area contributed by atoms with E-state index in [2.05, 4.69) is 25.0 Å². The largest absolute Gasteiger partial charge is 0.388 e. The quantitative estimate of drug-likeness (QED) is 0.724. The standard InChI is InChI=1S/C22H23FN6O/c1-22(30)4-3-5-29(12-22)20-8-19(25-13-26-20)21-17-7-16(15-10-27-28(2)11-15)18(23)6-14(17)9-24-21/h6-8,10-11,13,30H,3-5,9,12H2,1-2H3. The van der Waals surface area contributed by atoms with Gasteiger partial charge in [0, 0.05) is 49.1 Å². The van der Waals surface area contributed by atoms with E-state index in [1.165, 1.54) is 6.33 Å². The van der Waals surface area contributed by atoms with Crippen molar-refractivity contribution in [1.82, 2.24) is 19.7 Å². The first-order valence-corrected chi connectivity index (χ1v) is 10.1. The monoisotopic (exact) mass is 406 g/mol. The summed E-state index contributed by atoms with van der Waals surface area (Å²) in [4.78, 5) is 15.6. The summed E-state index contributed by atoms with van der Waals surface area (Å²) in [5.41, 5.74) is 3.66. The highest BCUT2D eigenvalue weighted by Gasteiger charge is 2.30. The van der Waals surface area contributed by atoms with Gasteiger partial charge in [-0.1, -0.05) is 0 Å². The van der Waals surface area contributed by atoms with Gasteiger partial charge >= 0.3 is 0 Å². The van der Waals surface area contributed by atoms with E-state index in [4.69, 9.17) is 0 Å². The van der Waals surface area contributed by atoms with Crippen LogP contribution in [0, 0.1) is 5.82 Å². The molecule has 0 radical (unpaired) electrons. The van der Waals surface area contributed by atoms with Crippen molar-refractivity contribution in [3.63, 3.8) is 0 Å². The molecule has 0 amide bonds. The van der Waals surface area contributed by atoms with Crippen LogP contribution >= 0.6 is 0 Å². The fourth-order valence-corrected chi connectivity index (χ4v) is 4.28. The number of hydrogen-bond donors (Lipinski definition) is 1. The second-order valence-electron chi connectivity index (χ2n) is 8.34. The van der Waals surface area contributed by atoms with Gasteiger partial charge in [0.1, 0.15) is 18.0 Å². The molecule has 154 valence electrons. The van der Waals surface area contributed by atoms with Gasteiger partial charge < -0.3 is 10.0 Å². The molecule has 8 heteroatoms. The Bertz CT molecular complexity index is 1150. The normalized spacial score (nSPS) is 20.9. The molecule has 30 heavy (non-hydrogen) atoms. The fourth-order valence-electron chi connectivity index (χ4n) is 4.28. The number of fused-ring (bicyclic) bond motifs is 1. The van der Waals surface area contributed by atoms with E-state index in [0.717, 1.165) is 47.6 Å². The summed E-state index contributed by atoms with van der Waals surface area (Å²) in [6.07, 6.45) is 6.66. The Kier molecular flexibility index (Phi) is 4.39. The Morgan fingerprint density at radius 1 is 1.17 bits per heavy atom. The molecule has 1 unspecified atom stereocenters. The molecule has 4 heterocycles. The lowest BCUT2D eigenvalue weighted by Crippen LogP contribution is -2.46. The van der Waals surface area contributed by atoms with Gasteiger partial charge in [0.2, 0.25) is 0 Å². The molecule has 0 saturated carbocycles. The summed E-state index contributed by atoms with van der Waals surface area (Å²) in [5, 5.41) is 14.6. The third-order valence-electron chi connectivity index (χ3n) is 5.77. The minimum Gasteiger partial charge on any atom is -0.388 e. The number of benzene rings is 1. The molecule has 1 N–H and O–H groups in total. The molecule has 1 atom stereocenters. The number of aryl methyl sites for hydroxylation is 1. The molecule has 0 bridgehead atoms. The summed E-state index contributed by atoms with van der Waals surface area (Å²) in [5.74, 6) is 0.489. The summed E-state index contributed by atoms with van der Waals surface area (Å²) >= 11 is 0. The van der Waals surface area contributed by atoms with Crippen LogP contribution in [0.5, 0.6) is 0 Å². The highest BCUT2D eigenvalue weighted by Crippen LogP contribution is 2.31. The smallest absolute Gasteiger partial charge is 0.132 e. The van der Waals surface area contributed by atoms with Crippen LogP contribution in [-0.2, 0) is 13.6 Å². The lowest BCUT2D eigenvalue weighted by Gasteiger charge is -2.37. The number of aromatic nitrogens is 4. The molecule has 1 fully saturated rings. The van der Waals surface area contributed by atoms with Gasteiger partial charge in [0.15, 0.2) is 0 Å². The number of piperidine rings is 1. The Balaban J connectivity index is 1.50. The molecule has 0 spiro atoms. The predicted molar refractivity (Wildman–Crippen MR) is 112 cm³/mol. The van der Waals surface area contributed by atoms with Crippen LogP contribution in [0.2, 0.25) is 0 Å². The van der Waals surface area contributed by atoms with Crippen LogP contribution in [0.25, 0.3) is 11.1 Å². The van der Waals surface area contributed by atoms with Gasteiger partial charge in [-0.25, -0.2) is 14.4 Å². The molecule has 2 aromatic heterocycles. The average molecular weight is 406 g/mol. The number of aliphatic imine (C=N–C) groups is 1. The first kappa shape index (κ1) is 18.9. The van der Waals surface area contributed by atoms with Crippen LogP contribution in [0.3, 0.4) is 0 Å². The fraction of sp³-hybridized carbons (Fsp3) is 0.364. The maximum Gasteiger partial charge on any atom is 0.132 e. The van der Waals surface area contributed by atoms with Gasteiger partial charge in [-0.2, -0.15) is 5.10 Å². The molecule has 2 aliphatic heterocycles. The van der Waals surface area contributed by atoms with Crippen molar-refractivity contribution in [3.8, 4) is 11.1 Å². The molecule has 1 aromatic carbocycles. The number of β-amino-alcohol motifs (C(OH)–C–C–N with tert-alkyl or cyclic N) is 1. The third-order valence-corrected chi connectivity index (χ3v) is 5.77. The lowest BCUT2D eigenvalue weighted by molar-refractivity contribution is 0.0447. The number of rotatable bonds is 3. The number of halogens is 1.